The van der Waals surface area contributed by atoms with Crippen molar-refractivity contribution < 1.29 is 13.5 Å². The van der Waals surface area contributed by atoms with E-state index >= 15 is 0 Å². The molecule has 2 N–H and O–H groups in total. The minimum Gasteiger partial charge on any atom is -0.374 e. The van der Waals surface area contributed by atoms with Crippen LogP contribution in [0.25, 0.3) is 0 Å². The summed E-state index contributed by atoms with van der Waals surface area (Å²) in [5.74, 6) is -0.472. The Morgan fingerprint density at radius 1 is 1.00 bits per heavy atom. The third-order valence-electron chi connectivity index (χ3n) is 4.47. The van der Waals surface area contributed by atoms with E-state index in [9.17, 15) is 8.78 Å². The molecule has 1 aliphatic rings. The Morgan fingerprint density at radius 3 is 2.00 bits per heavy atom. The van der Waals surface area contributed by atoms with Crippen molar-refractivity contribution in [2.75, 3.05) is 32.8 Å². The number of morpholine rings is 1. The molecule has 1 unspecified atom stereocenters. The van der Waals surface area contributed by atoms with Gasteiger partial charge in [-0.15, -0.1) is 12.4 Å². The summed E-state index contributed by atoms with van der Waals surface area (Å²) in [4.78, 5) is 2.30. The number of nitrogens with two attached hydrogens (primary N) is 1. The largest absolute Gasteiger partial charge is 0.374 e. The van der Waals surface area contributed by atoms with E-state index in [0.717, 1.165) is 30.8 Å². The molecule has 1 aliphatic heterocycles. The molecule has 0 saturated carbocycles. The highest BCUT2D eigenvalue weighted by Gasteiger charge is 2.24. The average molecular weight is 369 g/mol. The van der Waals surface area contributed by atoms with Gasteiger partial charge in [0.2, 0.25) is 0 Å². The molecule has 0 radical (unpaired) electrons. The van der Waals surface area contributed by atoms with E-state index in [0.29, 0.717) is 13.2 Å². The van der Waals surface area contributed by atoms with E-state index < -0.39 is 0 Å². The van der Waals surface area contributed by atoms with Crippen LogP contribution < -0.4 is 5.73 Å². The van der Waals surface area contributed by atoms with Crippen LogP contribution in [0.2, 0.25) is 0 Å². The van der Waals surface area contributed by atoms with Crippen LogP contribution in [-0.2, 0) is 4.74 Å². The number of rotatable bonds is 5. The van der Waals surface area contributed by atoms with Crippen LogP contribution in [0.3, 0.4) is 0 Å². The zero-order valence-corrected chi connectivity index (χ0v) is 14.7. The van der Waals surface area contributed by atoms with Gasteiger partial charge < -0.3 is 10.5 Å². The fraction of sp³-hybridized carbons (Fsp3) is 0.368. The molecule has 1 atom stereocenters. The van der Waals surface area contributed by atoms with Crippen LogP contribution in [0.5, 0.6) is 0 Å². The van der Waals surface area contributed by atoms with E-state index in [2.05, 4.69) is 4.90 Å². The molecule has 136 valence electrons. The van der Waals surface area contributed by atoms with E-state index in [4.69, 9.17) is 10.5 Å². The molecule has 6 heteroatoms. The Balaban J connectivity index is 0.00000225. The summed E-state index contributed by atoms with van der Waals surface area (Å²) in [5.41, 5.74) is 7.74. The van der Waals surface area contributed by atoms with Crippen molar-refractivity contribution in [2.45, 2.75) is 12.0 Å². The molecule has 2 aromatic rings. The third kappa shape index (κ3) is 5.22. The van der Waals surface area contributed by atoms with Crippen molar-refractivity contribution in [3.8, 4) is 0 Å². The maximum Gasteiger partial charge on any atom is 0.123 e. The van der Waals surface area contributed by atoms with Crippen molar-refractivity contribution >= 4 is 12.4 Å². The first-order valence-electron chi connectivity index (χ1n) is 8.20. The molecular formula is C19H23ClF2N2O. The summed E-state index contributed by atoms with van der Waals surface area (Å²) < 4.78 is 32.2. The lowest BCUT2D eigenvalue weighted by Crippen LogP contribution is -2.46. The first-order valence-corrected chi connectivity index (χ1v) is 8.20. The Kier molecular flexibility index (Phi) is 7.32. The van der Waals surface area contributed by atoms with Crippen LogP contribution in [0.1, 0.15) is 17.0 Å². The van der Waals surface area contributed by atoms with Crippen LogP contribution in [-0.4, -0.2) is 43.8 Å². The van der Waals surface area contributed by atoms with Crippen molar-refractivity contribution in [3.63, 3.8) is 0 Å². The summed E-state index contributed by atoms with van der Waals surface area (Å²) in [5, 5.41) is 0. The second-order valence-electron chi connectivity index (χ2n) is 6.14. The topological polar surface area (TPSA) is 38.5 Å². The van der Waals surface area contributed by atoms with E-state index in [1.165, 1.54) is 24.3 Å². The maximum atomic E-state index is 13.3. The summed E-state index contributed by atoms with van der Waals surface area (Å²) in [6.07, 6.45) is 0.0424. The monoisotopic (exact) mass is 368 g/mol. The van der Waals surface area contributed by atoms with Gasteiger partial charge in [0.05, 0.1) is 12.7 Å². The minimum absolute atomic E-state index is 0. The lowest BCUT2D eigenvalue weighted by Gasteiger charge is -2.35. The molecule has 0 amide bonds. The highest BCUT2D eigenvalue weighted by atomic mass is 35.5. The third-order valence-corrected chi connectivity index (χ3v) is 4.47. The molecule has 2 aromatic carbocycles. The quantitative estimate of drug-likeness (QED) is 0.881. The van der Waals surface area contributed by atoms with Gasteiger partial charge in [-0.3, -0.25) is 4.90 Å². The Labute approximate surface area is 153 Å². The van der Waals surface area contributed by atoms with Gasteiger partial charge in [0.25, 0.3) is 0 Å². The second kappa shape index (κ2) is 9.25. The fourth-order valence-electron chi connectivity index (χ4n) is 3.14. The first-order chi connectivity index (χ1) is 11.7. The number of halogens is 3. The van der Waals surface area contributed by atoms with E-state index in [1.807, 2.05) is 0 Å². The smallest absolute Gasteiger partial charge is 0.123 e. The average Bonchev–Trinajstić information content (AvgIpc) is 2.62. The molecule has 1 saturated heterocycles. The van der Waals surface area contributed by atoms with Gasteiger partial charge in [-0.25, -0.2) is 8.78 Å². The fourth-order valence-corrected chi connectivity index (χ4v) is 3.14. The lowest BCUT2D eigenvalue weighted by atomic mass is 9.90. The molecule has 0 spiro atoms. The number of hydrogen-bond donors (Lipinski definition) is 1. The Bertz CT molecular complexity index is 606. The van der Waals surface area contributed by atoms with E-state index in [-0.39, 0.29) is 36.1 Å². The molecule has 1 fully saturated rings. The molecule has 0 aromatic heterocycles. The zero-order chi connectivity index (χ0) is 16.9. The van der Waals surface area contributed by atoms with Gasteiger partial charge in [-0.2, -0.15) is 0 Å². The number of nitrogens with zero attached hydrogens (tertiary/aromatic N) is 1. The SMILES string of the molecule is Cl.NCC1CN(CC(c2ccc(F)cc2)c2ccc(F)cc2)CCO1. The van der Waals surface area contributed by atoms with Gasteiger partial charge in [0, 0.05) is 32.1 Å². The summed E-state index contributed by atoms with van der Waals surface area (Å²) in [7, 11) is 0. The zero-order valence-electron chi connectivity index (χ0n) is 13.9. The predicted octanol–water partition coefficient (Wildman–Crippen LogP) is 3.18. The standard InChI is InChI=1S/C19H22F2N2O.ClH/c20-16-5-1-14(2-6-16)19(15-3-7-17(21)8-4-15)13-23-9-10-24-18(11-22)12-23;/h1-8,18-19H,9-13,22H2;1H. The van der Waals surface area contributed by atoms with Crippen LogP contribution in [0.15, 0.2) is 48.5 Å². The van der Waals surface area contributed by atoms with Crippen molar-refractivity contribution in [2.24, 2.45) is 5.73 Å². The minimum atomic E-state index is -0.258. The van der Waals surface area contributed by atoms with Gasteiger partial charge in [0.1, 0.15) is 11.6 Å². The highest BCUT2D eigenvalue weighted by molar-refractivity contribution is 5.85. The van der Waals surface area contributed by atoms with Gasteiger partial charge in [-0.05, 0) is 35.4 Å². The molecule has 25 heavy (non-hydrogen) atoms. The normalized spacial score (nSPS) is 18.2. The molecule has 3 nitrogen and oxygen atoms in total. The summed E-state index contributed by atoms with van der Waals surface area (Å²) >= 11 is 0. The molecule has 1 heterocycles. The Hall–Kier alpha value is -1.53. The second-order valence-corrected chi connectivity index (χ2v) is 6.14. The predicted molar refractivity (Wildman–Crippen MR) is 97.1 cm³/mol. The molecule has 3 rings (SSSR count). The number of ether oxygens (including phenoxy) is 1. The van der Waals surface area contributed by atoms with Crippen LogP contribution in [0.4, 0.5) is 8.78 Å². The van der Waals surface area contributed by atoms with Gasteiger partial charge in [0.15, 0.2) is 0 Å². The molecule has 0 aliphatic carbocycles. The highest BCUT2D eigenvalue weighted by Crippen LogP contribution is 2.27. The molecule has 0 bridgehead atoms. The Morgan fingerprint density at radius 2 is 1.52 bits per heavy atom. The lowest BCUT2D eigenvalue weighted by molar-refractivity contribution is -0.0239. The number of benzene rings is 2. The summed E-state index contributed by atoms with van der Waals surface area (Å²) in [6, 6.07) is 13.0. The number of hydrogen-bond acceptors (Lipinski definition) is 3. The molecular weight excluding hydrogens is 346 g/mol. The van der Waals surface area contributed by atoms with Gasteiger partial charge in [-0.1, -0.05) is 24.3 Å². The van der Waals surface area contributed by atoms with Crippen molar-refractivity contribution in [3.05, 3.63) is 71.3 Å². The summed E-state index contributed by atoms with van der Waals surface area (Å²) in [6.45, 7) is 3.51. The van der Waals surface area contributed by atoms with Crippen molar-refractivity contribution in [1.82, 2.24) is 4.90 Å². The van der Waals surface area contributed by atoms with Crippen molar-refractivity contribution in [1.29, 1.82) is 0 Å². The van der Waals surface area contributed by atoms with Crippen LogP contribution >= 0.6 is 12.4 Å². The first kappa shape index (κ1) is 19.8. The van der Waals surface area contributed by atoms with Gasteiger partial charge >= 0.3 is 0 Å². The van der Waals surface area contributed by atoms with Crippen LogP contribution in [0, 0.1) is 11.6 Å². The van der Waals surface area contributed by atoms with E-state index in [1.54, 1.807) is 24.3 Å². The maximum absolute atomic E-state index is 13.3.